The van der Waals surface area contributed by atoms with Gasteiger partial charge >= 0.3 is 0 Å². The maximum atomic E-state index is 11.7. The number of thiophene rings is 1. The number of carbonyl (C=O) groups is 1. The number of rotatable bonds is 7. The molecule has 0 aliphatic heterocycles. The van der Waals surface area contributed by atoms with Gasteiger partial charge in [-0.25, -0.2) is 0 Å². The summed E-state index contributed by atoms with van der Waals surface area (Å²) in [6.07, 6.45) is 3.31. The normalized spacial score (nSPS) is 14.3. The molecule has 0 bridgehead atoms. The van der Waals surface area contributed by atoms with E-state index in [1.165, 1.54) is 4.88 Å². The van der Waals surface area contributed by atoms with Gasteiger partial charge in [-0.3, -0.25) is 4.79 Å². The standard InChI is InChI=1S/C13H20ClNOS/c1-3-13(2,10-14)15-12(16)8-4-6-11-7-5-9-17-11/h5,7,9H,3-4,6,8,10H2,1-2H3,(H,15,16). The van der Waals surface area contributed by atoms with E-state index in [0.717, 1.165) is 19.3 Å². The van der Waals surface area contributed by atoms with Crippen molar-refractivity contribution in [1.29, 1.82) is 0 Å². The number of amides is 1. The van der Waals surface area contributed by atoms with Gasteiger partial charge in [-0.05, 0) is 37.6 Å². The van der Waals surface area contributed by atoms with Crippen molar-refractivity contribution in [3.63, 3.8) is 0 Å². The second kappa shape index (κ2) is 7.02. The summed E-state index contributed by atoms with van der Waals surface area (Å²) in [5, 5.41) is 5.07. The molecular weight excluding hydrogens is 254 g/mol. The molecule has 0 saturated heterocycles. The van der Waals surface area contributed by atoms with E-state index in [9.17, 15) is 4.79 Å². The summed E-state index contributed by atoms with van der Waals surface area (Å²) in [7, 11) is 0. The number of alkyl halides is 1. The lowest BCUT2D eigenvalue weighted by molar-refractivity contribution is -0.122. The maximum Gasteiger partial charge on any atom is 0.220 e. The Morgan fingerprint density at radius 2 is 2.35 bits per heavy atom. The van der Waals surface area contributed by atoms with Crippen LogP contribution in [0.3, 0.4) is 0 Å². The minimum Gasteiger partial charge on any atom is -0.350 e. The van der Waals surface area contributed by atoms with Crippen LogP contribution < -0.4 is 5.32 Å². The van der Waals surface area contributed by atoms with E-state index in [0.29, 0.717) is 12.3 Å². The first-order chi connectivity index (χ1) is 8.09. The van der Waals surface area contributed by atoms with Crippen LogP contribution >= 0.6 is 22.9 Å². The van der Waals surface area contributed by atoms with Gasteiger partial charge in [-0.15, -0.1) is 22.9 Å². The molecule has 1 unspecified atom stereocenters. The highest BCUT2D eigenvalue weighted by molar-refractivity contribution is 7.09. The largest absolute Gasteiger partial charge is 0.350 e. The first-order valence-electron chi connectivity index (χ1n) is 5.99. The second-order valence-corrected chi connectivity index (χ2v) is 5.83. The zero-order valence-corrected chi connectivity index (χ0v) is 12.0. The molecule has 1 aromatic heterocycles. The Morgan fingerprint density at radius 1 is 1.59 bits per heavy atom. The molecule has 0 aliphatic carbocycles. The third-order valence-corrected chi connectivity index (χ3v) is 4.45. The van der Waals surface area contributed by atoms with Crippen LogP contribution in [0.1, 0.15) is 38.0 Å². The summed E-state index contributed by atoms with van der Waals surface area (Å²) in [5.74, 6) is 0.562. The quantitative estimate of drug-likeness (QED) is 0.756. The molecule has 2 nitrogen and oxygen atoms in total. The molecule has 17 heavy (non-hydrogen) atoms. The molecule has 1 amide bonds. The van der Waals surface area contributed by atoms with E-state index in [2.05, 4.69) is 16.8 Å². The van der Waals surface area contributed by atoms with E-state index in [4.69, 9.17) is 11.6 Å². The van der Waals surface area contributed by atoms with E-state index in [1.54, 1.807) is 11.3 Å². The summed E-state index contributed by atoms with van der Waals surface area (Å²) >= 11 is 7.60. The predicted molar refractivity (Wildman–Crippen MR) is 74.8 cm³/mol. The van der Waals surface area contributed by atoms with Crippen molar-refractivity contribution < 1.29 is 4.79 Å². The molecular formula is C13H20ClNOS. The Kier molecular flexibility index (Phi) is 6.00. The number of halogens is 1. The molecule has 0 saturated carbocycles. The number of aryl methyl sites for hydroxylation is 1. The first-order valence-corrected chi connectivity index (χ1v) is 7.40. The number of hydrogen-bond donors (Lipinski definition) is 1. The fourth-order valence-corrected chi connectivity index (χ4v) is 2.50. The molecule has 1 heterocycles. The third-order valence-electron chi connectivity index (χ3n) is 2.92. The van der Waals surface area contributed by atoms with Gasteiger partial charge < -0.3 is 5.32 Å². The smallest absolute Gasteiger partial charge is 0.220 e. The van der Waals surface area contributed by atoms with Crippen molar-refractivity contribution in [2.45, 2.75) is 45.1 Å². The molecule has 1 rings (SSSR count). The van der Waals surface area contributed by atoms with Gasteiger partial charge in [-0.1, -0.05) is 13.0 Å². The highest BCUT2D eigenvalue weighted by Crippen LogP contribution is 2.14. The Balaban J connectivity index is 2.25. The molecule has 0 aromatic carbocycles. The van der Waals surface area contributed by atoms with Gasteiger partial charge in [-0.2, -0.15) is 0 Å². The van der Waals surface area contributed by atoms with E-state index < -0.39 is 0 Å². The Labute approximate surface area is 112 Å². The SMILES string of the molecule is CCC(C)(CCl)NC(=O)CCCc1cccs1. The summed E-state index contributed by atoms with van der Waals surface area (Å²) in [6.45, 7) is 4.02. The fourth-order valence-electron chi connectivity index (χ4n) is 1.49. The average molecular weight is 274 g/mol. The van der Waals surface area contributed by atoms with Crippen LogP contribution in [0.4, 0.5) is 0 Å². The van der Waals surface area contributed by atoms with Gasteiger partial charge in [0.2, 0.25) is 5.91 Å². The van der Waals surface area contributed by atoms with Crippen molar-refractivity contribution in [3.8, 4) is 0 Å². The van der Waals surface area contributed by atoms with Crippen LogP contribution in [-0.2, 0) is 11.2 Å². The molecule has 0 fully saturated rings. The lowest BCUT2D eigenvalue weighted by Gasteiger charge is -2.27. The van der Waals surface area contributed by atoms with Crippen LogP contribution in [0.25, 0.3) is 0 Å². The highest BCUT2D eigenvalue weighted by atomic mass is 35.5. The molecule has 0 radical (unpaired) electrons. The van der Waals surface area contributed by atoms with Gasteiger partial charge in [0.05, 0.1) is 5.54 Å². The molecule has 96 valence electrons. The topological polar surface area (TPSA) is 29.1 Å². The average Bonchev–Trinajstić information content (AvgIpc) is 2.82. The van der Waals surface area contributed by atoms with Crippen LogP contribution in [0.5, 0.6) is 0 Å². The van der Waals surface area contributed by atoms with E-state index in [-0.39, 0.29) is 11.4 Å². The Hall–Kier alpha value is -0.540. The van der Waals surface area contributed by atoms with Gasteiger partial charge in [0.15, 0.2) is 0 Å². The summed E-state index contributed by atoms with van der Waals surface area (Å²) < 4.78 is 0. The summed E-state index contributed by atoms with van der Waals surface area (Å²) in [6, 6.07) is 4.15. The van der Waals surface area contributed by atoms with Crippen LogP contribution in [0.15, 0.2) is 17.5 Å². The number of hydrogen-bond acceptors (Lipinski definition) is 2. The van der Waals surface area contributed by atoms with Crippen LogP contribution in [-0.4, -0.2) is 17.3 Å². The lowest BCUT2D eigenvalue weighted by atomic mass is 10.0. The van der Waals surface area contributed by atoms with Crippen molar-refractivity contribution in [2.24, 2.45) is 0 Å². The summed E-state index contributed by atoms with van der Waals surface area (Å²) in [4.78, 5) is 13.1. The molecule has 0 spiro atoms. The summed E-state index contributed by atoms with van der Waals surface area (Å²) in [5.41, 5.74) is -0.262. The fraction of sp³-hybridized carbons (Fsp3) is 0.615. The monoisotopic (exact) mass is 273 g/mol. The minimum atomic E-state index is -0.262. The zero-order chi connectivity index (χ0) is 12.7. The molecule has 1 N–H and O–H groups in total. The molecule has 1 atom stereocenters. The van der Waals surface area contributed by atoms with Crippen LogP contribution in [0, 0.1) is 0 Å². The Bertz CT molecular complexity index is 333. The lowest BCUT2D eigenvalue weighted by Crippen LogP contribution is -2.47. The van der Waals surface area contributed by atoms with Crippen molar-refractivity contribution >= 4 is 28.8 Å². The van der Waals surface area contributed by atoms with Gasteiger partial charge in [0.25, 0.3) is 0 Å². The third kappa shape index (κ3) is 5.09. The van der Waals surface area contributed by atoms with Crippen molar-refractivity contribution in [2.75, 3.05) is 5.88 Å². The number of carbonyl (C=O) groups excluding carboxylic acids is 1. The van der Waals surface area contributed by atoms with Crippen molar-refractivity contribution in [1.82, 2.24) is 5.32 Å². The highest BCUT2D eigenvalue weighted by Gasteiger charge is 2.22. The van der Waals surface area contributed by atoms with E-state index >= 15 is 0 Å². The van der Waals surface area contributed by atoms with Crippen LogP contribution in [0.2, 0.25) is 0 Å². The predicted octanol–water partition coefficient (Wildman–Crippen LogP) is 3.59. The molecule has 1 aromatic rings. The molecule has 0 aliphatic rings. The minimum absolute atomic E-state index is 0.103. The maximum absolute atomic E-state index is 11.7. The first kappa shape index (κ1) is 14.5. The van der Waals surface area contributed by atoms with Gasteiger partial charge in [0, 0.05) is 17.2 Å². The zero-order valence-electron chi connectivity index (χ0n) is 10.5. The molecule has 4 heteroatoms. The van der Waals surface area contributed by atoms with Gasteiger partial charge in [0.1, 0.15) is 0 Å². The van der Waals surface area contributed by atoms with E-state index in [1.807, 2.05) is 19.9 Å². The number of nitrogens with one attached hydrogen (secondary N) is 1. The van der Waals surface area contributed by atoms with Crippen molar-refractivity contribution in [3.05, 3.63) is 22.4 Å². The Morgan fingerprint density at radius 3 is 2.88 bits per heavy atom. The second-order valence-electron chi connectivity index (χ2n) is 4.53.